The minimum atomic E-state index is -0.0520. The smallest absolute Gasteiger partial charge is 0.0700 e. The average Bonchev–Trinajstić information content (AvgIpc) is 4.09. The number of rotatable bonds is 8. The predicted molar refractivity (Wildman–Crippen MR) is 248 cm³/mol. The van der Waals surface area contributed by atoms with Crippen LogP contribution in [0.15, 0.2) is 60.0 Å². The molecule has 0 saturated carbocycles. The molecule has 0 amide bonds. The van der Waals surface area contributed by atoms with E-state index in [1.54, 1.807) is 142 Å². The molecule has 0 N–H and O–H groups in total. The Morgan fingerprint density at radius 3 is 2.07 bits per heavy atom. The van der Waals surface area contributed by atoms with Crippen LogP contribution in [0, 0.1) is 5.92 Å². The van der Waals surface area contributed by atoms with Crippen LogP contribution in [0.4, 0.5) is 0 Å². The van der Waals surface area contributed by atoms with Crippen molar-refractivity contribution in [2.45, 2.75) is 30.7 Å². The predicted octanol–water partition coefficient (Wildman–Crippen LogP) is 11.5. The zero-order chi connectivity index (χ0) is 37.3. The molecule has 3 unspecified atom stereocenters. The first-order valence-corrected chi connectivity index (χ1v) is 23.4. The maximum Gasteiger partial charge on any atom is 0.0700 e. The summed E-state index contributed by atoms with van der Waals surface area (Å²) in [5.41, 5.74) is 8.35. The van der Waals surface area contributed by atoms with Gasteiger partial charge in [-0.25, -0.2) is 0 Å². The molecule has 3 nitrogen and oxygen atoms in total. The van der Waals surface area contributed by atoms with Gasteiger partial charge in [0.2, 0.25) is 0 Å². The van der Waals surface area contributed by atoms with Gasteiger partial charge in [0, 0.05) is 46.2 Å². The first-order valence-electron chi connectivity index (χ1n) is 21.7. The van der Waals surface area contributed by atoms with Crippen LogP contribution in [0.5, 0.6) is 0 Å². The van der Waals surface area contributed by atoms with E-state index in [-0.39, 0.29) is 11.5 Å². The Morgan fingerprint density at radius 1 is 0.627 bits per heavy atom. The lowest BCUT2D eigenvalue weighted by Crippen LogP contribution is -2.43. The molecular weight excluding hydrogens is 759 g/mol. The number of likely N-dealkylation sites (tertiary alicyclic amines) is 1. The molecule has 1 saturated heterocycles. The Labute approximate surface area is 343 Å². The molecule has 2 aromatic heterocycles. The zero-order valence-corrected chi connectivity index (χ0v) is 33.8. The van der Waals surface area contributed by atoms with Gasteiger partial charge in [0.25, 0.3) is 0 Å². The molecule has 14 aromatic rings. The van der Waals surface area contributed by atoms with E-state index < -0.39 is 0 Å². The summed E-state index contributed by atoms with van der Waals surface area (Å²) in [6.45, 7) is 4.01. The fourth-order valence-corrected chi connectivity index (χ4v) is 18.3. The van der Waals surface area contributed by atoms with Crippen LogP contribution in [0.3, 0.4) is 0 Å². The van der Waals surface area contributed by atoms with Crippen molar-refractivity contribution < 1.29 is 9.47 Å². The second kappa shape index (κ2) is 8.70. The molecule has 0 radical (unpaired) electrons. The van der Waals surface area contributed by atoms with E-state index in [2.05, 4.69) is 76.2 Å². The number of benzene rings is 8. The van der Waals surface area contributed by atoms with Crippen molar-refractivity contribution in [3.05, 3.63) is 92.0 Å². The van der Waals surface area contributed by atoms with Crippen molar-refractivity contribution in [1.82, 2.24) is 4.90 Å². The van der Waals surface area contributed by atoms with Gasteiger partial charge >= 0.3 is 0 Å². The quantitative estimate of drug-likeness (QED) is 0.113. The number of methoxy groups -OCH3 is 1. The van der Waals surface area contributed by atoms with E-state index in [9.17, 15) is 0 Å². The van der Waals surface area contributed by atoms with Crippen molar-refractivity contribution in [3.63, 3.8) is 0 Å². The van der Waals surface area contributed by atoms with Crippen LogP contribution >= 0.6 is 22.7 Å². The number of fused-ring (bicyclic) bond motifs is 1. The lowest BCUT2D eigenvalue weighted by molar-refractivity contribution is 0.0528. The Balaban J connectivity index is 1.05. The van der Waals surface area contributed by atoms with Crippen molar-refractivity contribution in [3.8, 4) is 9.75 Å². The highest BCUT2D eigenvalue weighted by molar-refractivity contribution is 7.21. The van der Waals surface area contributed by atoms with Gasteiger partial charge in [-0.3, -0.25) is 4.90 Å². The van der Waals surface area contributed by atoms with Gasteiger partial charge in [0.15, 0.2) is 0 Å². The van der Waals surface area contributed by atoms with Gasteiger partial charge in [-0.15, -0.1) is 22.7 Å². The van der Waals surface area contributed by atoms with E-state index >= 15 is 0 Å². The van der Waals surface area contributed by atoms with Crippen LogP contribution in [0.2, 0.25) is 0 Å². The number of ether oxygens (including phenoxy) is 2. The number of hydrogen-bond donors (Lipinski definition) is 0. The Kier molecular flexibility index (Phi) is 4.30. The van der Waals surface area contributed by atoms with Gasteiger partial charge in [0.1, 0.15) is 0 Å². The molecule has 19 rings (SSSR count). The summed E-state index contributed by atoms with van der Waals surface area (Å²) in [6, 6.07) is 22.8. The fourth-order valence-electron chi connectivity index (χ4n) is 16.2. The van der Waals surface area contributed by atoms with Crippen LogP contribution < -0.4 is 10.4 Å². The van der Waals surface area contributed by atoms with Gasteiger partial charge in [0.05, 0.1) is 25.9 Å². The van der Waals surface area contributed by atoms with Gasteiger partial charge in [-0.05, 0) is 207 Å². The third kappa shape index (κ3) is 2.61. The summed E-state index contributed by atoms with van der Waals surface area (Å²) in [7, 11) is 1.77. The molecule has 3 atom stereocenters. The molecule has 12 aromatic carbocycles. The molecule has 4 aliphatic carbocycles. The Hall–Kier alpha value is -5.14. The summed E-state index contributed by atoms with van der Waals surface area (Å²) in [6.07, 6.45) is 3.32. The van der Waals surface area contributed by atoms with Crippen LogP contribution in [0.1, 0.15) is 34.0 Å². The third-order valence-corrected chi connectivity index (χ3v) is 19.7. The molecule has 59 heavy (non-hydrogen) atoms. The molecule has 5 aliphatic rings. The largest absolute Gasteiger partial charge is 0.382 e. The minimum absolute atomic E-state index is 0.0520. The van der Waals surface area contributed by atoms with Gasteiger partial charge < -0.3 is 9.47 Å². The molecule has 1 fully saturated rings. The normalized spacial score (nSPS) is 22.7. The number of nitrogens with zero attached hydrogens (tertiary/aromatic N) is 1. The maximum atomic E-state index is 6.34. The van der Waals surface area contributed by atoms with E-state index in [0.717, 1.165) is 39.0 Å². The molecule has 1 spiro atoms. The highest BCUT2D eigenvalue weighted by Gasteiger charge is 2.63. The third-order valence-electron chi connectivity index (χ3n) is 17.5. The summed E-state index contributed by atoms with van der Waals surface area (Å²) in [5, 5.41) is 40.3. The van der Waals surface area contributed by atoms with E-state index in [0.29, 0.717) is 19.1 Å². The summed E-state index contributed by atoms with van der Waals surface area (Å²) in [5.74, 6) is 0.440. The summed E-state index contributed by atoms with van der Waals surface area (Å²) in [4.78, 5) is 7.22. The van der Waals surface area contributed by atoms with Crippen LogP contribution in [0.25, 0.3) is 139 Å². The Morgan fingerprint density at radius 2 is 1.31 bits per heavy atom. The van der Waals surface area contributed by atoms with Crippen molar-refractivity contribution >= 4 is 152 Å². The van der Waals surface area contributed by atoms with Crippen LogP contribution in [-0.4, -0.2) is 44.9 Å². The number of hydrogen-bond acceptors (Lipinski definition) is 5. The molecular formula is C54H31NO2S2. The SMILES string of the molecule is COCCOCCN1CC2C3=c4c5c6c7c(cc8cc9cc%10cc%11cc%12c%13c(c4c4c5c5c7c8c7c9c%10c8c%11c%13c4c8c75)=C(C3)C%12)CC62C1c1ccc(-c2cccs2)s1. The average molecular weight is 790 g/mol. The van der Waals surface area contributed by atoms with Crippen LogP contribution in [-0.2, 0) is 27.7 Å². The standard InChI is InChI=1S/C54H31NO2S2/c1-56-8-9-57-7-6-55-19-28-27-17-25-15-22-13-23-12-20-11-21-14-24-16-26-18-54(28,53(55)31-5-4-30(59-31)29-3-2-10-58-29)52-38(26)43-37(24)42-33(21)32(20)40-36(23)41-34(22)35(25)44-39(27)51(52)50-48(43)46(42)45(40)47(41)49(44)50/h2-5,10-14,16,28,53H,6-9,15,17-19H2,1H3. The fraction of sp³-hybridized carbons (Fsp3) is 0.222. The maximum absolute atomic E-state index is 6.34. The second-order valence-electron chi connectivity index (χ2n) is 19.4. The second-order valence-corrected chi connectivity index (χ2v) is 21.5. The lowest BCUT2D eigenvalue weighted by Gasteiger charge is -2.42. The first-order chi connectivity index (χ1) is 29.2. The zero-order valence-electron chi connectivity index (χ0n) is 32.2. The molecule has 5 heteroatoms. The van der Waals surface area contributed by atoms with Crippen molar-refractivity contribution in [1.29, 1.82) is 0 Å². The van der Waals surface area contributed by atoms with Crippen molar-refractivity contribution in [2.75, 3.05) is 40.0 Å². The monoisotopic (exact) mass is 789 g/mol. The molecule has 0 bridgehead atoms. The van der Waals surface area contributed by atoms with Crippen molar-refractivity contribution in [2.24, 2.45) is 5.92 Å². The minimum Gasteiger partial charge on any atom is -0.382 e. The Bertz CT molecular complexity index is 4340. The summed E-state index contributed by atoms with van der Waals surface area (Å²) < 4.78 is 11.7. The first kappa shape index (κ1) is 29.1. The number of thiophene rings is 2. The highest BCUT2D eigenvalue weighted by atomic mass is 32.1. The molecule has 3 heterocycles. The topological polar surface area (TPSA) is 21.7 Å². The molecule has 1 aliphatic heterocycles. The molecule has 276 valence electrons. The lowest BCUT2D eigenvalue weighted by atomic mass is 9.60. The van der Waals surface area contributed by atoms with E-state index in [1.165, 1.54) is 36.2 Å². The highest BCUT2D eigenvalue weighted by Crippen LogP contribution is 2.70. The summed E-state index contributed by atoms with van der Waals surface area (Å²) >= 11 is 3.93. The van der Waals surface area contributed by atoms with E-state index in [4.69, 9.17) is 9.47 Å². The van der Waals surface area contributed by atoms with Gasteiger partial charge in [-0.2, -0.15) is 0 Å². The van der Waals surface area contributed by atoms with E-state index in [1.807, 2.05) is 11.3 Å². The van der Waals surface area contributed by atoms with Gasteiger partial charge in [-0.1, -0.05) is 29.3 Å².